The maximum absolute atomic E-state index is 12.3. The SMILES string of the molecule is CCCCCCCCn1c(SCC(N)=O)nc2c1c(=O)[nH]c(=O)n2C. The topological polar surface area (TPSA) is 116 Å². The van der Waals surface area contributed by atoms with Crippen molar-refractivity contribution in [2.45, 2.75) is 57.1 Å². The van der Waals surface area contributed by atoms with Crippen LogP contribution < -0.4 is 17.0 Å². The van der Waals surface area contributed by atoms with E-state index in [1.807, 2.05) is 0 Å². The molecule has 0 spiro atoms. The highest BCUT2D eigenvalue weighted by Gasteiger charge is 2.17. The first-order valence-electron chi connectivity index (χ1n) is 8.56. The molecule has 0 aromatic carbocycles. The van der Waals surface area contributed by atoms with Gasteiger partial charge in [-0.05, 0) is 6.42 Å². The predicted octanol–water partition coefficient (Wildman–Crippen LogP) is 1.36. The van der Waals surface area contributed by atoms with E-state index in [0.29, 0.717) is 22.9 Å². The van der Waals surface area contributed by atoms with Gasteiger partial charge in [-0.25, -0.2) is 9.78 Å². The van der Waals surface area contributed by atoms with Gasteiger partial charge in [0, 0.05) is 13.6 Å². The Balaban J connectivity index is 2.28. The third kappa shape index (κ3) is 4.75. The Hall–Kier alpha value is -2.03. The number of fused-ring (bicyclic) bond motifs is 1. The van der Waals surface area contributed by atoms with E-state index in [4.69, 9.17) is 5.73 Å². The minimum Gasteiger partial charge on any atom is -0.369 e. The summed E-state index contributed by atoms with van der Waals surface area (Å²) in [6.07, 6.45) is 6.75. The number of imidazole rings is 1. The Kier molecular flexibility index (Phi) is 6.86. The van der Waals surface area contributed by atoms with Crippen LogP contribution in [0.4, 0.5) is 0 Å². The largest absolute Gasteiger partial charge is 0.369 e. The van der Waals surface area contributed by atoms with Gasteiger partial charge in [0.2, 0.25) is 5.91 Å². The van der Waals surface area contributed by atoms with Crippen molar-refractivity contribution in [2.24, 2.45) is 12.8 Å². The second kappa shape index (κ2) is 8.89. The summed E-state index contributed by atoms with van der Waals surface area (Å²) in [7, 11) is 1.56. The van der Waals surface area contributed by atoms with Crippen LogP contribution in [-0.4, -0.2) is 30.8 Å². The second-order valence-electron chi connectivity index (χ2n) is 6.06. The zero-order valence-electron chi connectivity index (χ0n) is 14.7. The van der Waals surface area contributed by atoms with Gasteiger partial charge in [0.15, 0.2) is 16.3 Å². The molecule has 9 heteroatoms. The first-order chi connectivity index (χ1) is 12.0. The van der Waals surface area contributed by atoms with Crippen LogP contribution in [-0.2, 0) is 18.4 Å². The quantitative estimate of drug-likeness (QED) is 0.486. The molecule has 2 heterocycles. The standard InChI is InChI=1S/C16H25N5O3S/c1-3-4-5-6-7-8-9-21-12-13(18-16(21)25-10-11(17)22)20(2)15(24)19-14(12)23/h3-10H2,1-2H3,(H2,17,22)(H,19,23,24). The summed E-state index contributed by atoms with van der Waals surface area (Å²) in [6, 6.07) is 0. The van der Waals surface area contributed by atoms with Crippen LogP contribution >= 0.6 is 11.8 Å². The number of unbranched alkanes of at least 4 members (excludes halogenated alkanes) is 5. The fourth-order valence-electron chi connectivity index (χ4n) is 2.72. The molecular formula is C16H25N5O3S. The minimum absolute atomic E-state index is 0.0751. The highest BCUT2D eigenvalue weighted by atomic mass is 32.2. The van der Waals surface area contributed by atoms with Crippen LogP contribution in [0.5, 0.6) is 0 Å². The van der Waals surface area contributed by atoms with Crippen molar-refractivity contribution in [1.82, 2.24) is 19.1 Å². The molecule has 0 aliphatic rings. The molecule has 25 heavy (non-hydrogen) atoms. The number of aromatic amines is 1. The van der Waals surface area contributed by atoms with E-state index < -0.39 is 17.2 Å². The molecule has 1 amide bonds. The van der Waals surface area contributed by atoms with Gasteiger partial charge in [-0.3, -0.25) is 19.1 Å². The molecule has 2 aromatic rings. The van der Waals surface area contributed by atoms with Crippen LogP contribution in [0, 0.1) is 0 Å². The number of carbonyl (C=O) groups excluding carboxylic acids is 1. The summed E-state index contributed by atoms with van der Waals surface area (Å²) in [6.45, 7) is 2.79. The first-order valence-corrected chi connectivity index (χ1v) is 9.55. The Labute approximate surface area is 149 Å². The third-order valence-corrected chi connectivity index (χ3v) is 5.05. The van der Waals surface area contributed by atoms with Crippen LogP contribution in [0.15, 0.2) is 14.7 Å². The van der Waals surface area contributed by atoms with Crippen LogP contribution in [0.2, 0.25) is 0 Å². The number of thioether (sulfide) groups is 1. The molecule has 2 aromatic heterocycles. The molecule has 2 rings (SSSR count). The number of hydrogen-bond acceptors (Lipinski definition) is 5. The van der Waals surface area contributed by atoms with E-state index in [0.717, 1.165) is 19.3 Å². The number of hydrogen-bond donors (Lipinski definition) is 2. The van der Waals surface area contributed by atoms with Crippen molar-refractivity contribution in [3.63, 3.8) is 0 Å². The summed E-state index contributed by atoms with van der Waals surface area (Å²) >= 11 is 1.19. The second-order valence-corrected chi connectivity index (χ2v) is 7.00. The number of nitrogens with one attached hydrogen (secondary N) is 1. The predicted molar refractivity (Wildman–Crippen MR) is 98.9 cm³/mol. The van der Waals surface area contributed by atoms with E-state index in [1.165, 1.54) is 35.6 Å². The average Bonchev–Trinajstić information content (AvgIpc) is 2.93. The lowest BCUT2D eigenvalue weighted by atomic mass is 10.1. The number of aromatic nitrogens is 4. The van der Waals surface area contributed by atoms with Crippen molar-refractivity contribution < 1.29 is 4.79 Å². The highest BCUT2D eigenvalue weighted by Crippen LogP contribution is 2.22. The zero-order valence-corrected chi connectivity index (χ0v) is 15.5. The number of primary amides is 1. The number of H-pyrrole nitrogens is 1. The van der Waals surface area contributed by atoms with Crippen LogP contribution in [0.3, 0.4) is 0 Å². The van der Waals surface area contributed by atoms with Gasteiger partial charge < -0.3 is 10.3 Å². The highest BCUT2D eigenvalue weighted by molar-refractivity contribution is 7.99. The molecular weight excluding hydrogens is 342 g/mol. The number of rotatable bonds is 10. The van der Waals surface area contributed by atoms with E-state index in [9.17, 15) is 14.4 Å². The van der Waals surface area contributed by atoms with Gasteiger partial charge in [0.25, 0.3) is 5.56 Å². The molecule has 0 unspecified atom stereocenters. The monoisotopic (exact) mass is 367 g/mol. The number of carbonyl (C=O) groups is 1. The summed E-state index contributed by atoms with van der Waals surface area (Å²) in [5.74, 6) is -0.378. The molecule has 0 aliphatic heterocycles. The van der Waals surface area contributed by atoms with Gasteiger partial charge in [0.05, 0.1) is 5.75 Å². The molecule has 8 nitrogen and oxygen atoms in total. The van der Waals surface area contributed by atoms with E-state index in [1.54, 1.807) is 11.6 Å². The van der Waals surface area contributed by atoms with Crippen molar-refractivity contribution >= 4 is 28.8 Å². The normalized spacial score (nSPS) is 11.3. The Morgan fingerprint density at radius 2 is 1.88 bits per heavy atom. The van der Waals surface area contributed by atoms with Gasteiger partial charge in [-0.1, -0.05) is 50.8 Å². The first kappa shape index (κ1) is 19.3. The van der Waals surface area contributed by atoms with Crippen molar-refractivity contribution in [1.29, 1.82) is 0 Å². The molecule has 0 saturated carbocycles. The number of nitrogens with two attached hydrogens (primary N) is 1. The number of nitrogens with zero attached hydrogens (tertiary/aromatic N) is 3. The van der Waals surface area contributed by atoms with Gasteiger partial charge in [-0.2, -0.15) is 0 Å². The van der Waals surface area contributed by atoms with E-state index >= 15 is 0 Å². The maximum Gasteiger partial charge on any atom is 0.329 e. The average molecular weight is 367 g/mol. The summed E-state index contributed by atoms with van der Waals surface area (Å²) < 4.78 is 3.10. The van der Waals surface area contributed by atoms with Crippen molar-refractivity contribution in [3.05, 3.63) is 20.8 Å². The Morgan fingerprint density at radius 1 is 1.20 bits per heavy atom. The van der Waals surface area contributed by atoms with E-state index in [2.05, 4.69) is 16.9 Å². The Bertz CT molecular complexity index is 852. The fraction of sp³-hybridized carbons (Fsp3) is 0.625. The number of amides is 1. The van der Waals surface area contributed by atoms with Gasteiger partial charge >= 0.3 is 5.69 Å². The molecule has 0 saturated heterocycles. The van der Waals surface area contributed by atoms with Crippen molar-refractivity contribution in [3.8, 4) is 0 Å². The van der Waals surface area contributed by atoms with Crippen molar-refractivity contribution in [2.75, 3.05) is 5.75 Å². The molecule has 0 radical (unpaired) electrons. The fourth-order valence-corrected chi connectivity index (χ4v) is 3.48. The minimum atomic E-state index is -0.506. The number of aryl methyl sites for hydroxylation is 2. The van der Waals surface area contributed by atoms with Crippen LogP contribution in [0.25, 0.3) is 11.2 Å². The molecule has 0 atom stereocenters. The van der Waals surface area contributed by atoms with Gasteiger partial charge in [0.1, 0.15) is 0 Å². The summed E-state index contributed by atoms with van der Waals surface area (Å²) in [5, 5.41) is 0.536. The third-order valence-electron chi connectivity index (χ3n) is 4.05. The molecule has 3 N–H and O–H groups in total. The lowest BCUT2D eigenvalue weighted by molar-refractivity contribution is -0.115. The lowest BCUT2D eigenvalue weighted by Crippen LogP contribution is -2.29. The molecule has 0 bridgehead atoms. The Morgan fingerprint density at radius 3 is 2.56 bits per heavy atom. The summed E-state index contributed by atoms with van der Waals surface area (Å²) in [5.41, 5.74) is 4.94. The smallest absolute Gasteiger partial charge is 0.329 e. The lowest BCUT2D eigenvalue weighted by Gasteiger charge is -2.08. The summed E-state index contributed by atoms with van der Waals surface area (Å²) in [4.78, 5) is 41.8. The molecule has 138 valence electrons. The molecule has 0 aliphatic carbocycles. The van der Waals surface area contributed by atoms with Crippen LogP contribution in [0.1, 0.15) is 45.4 Å². The molecule has 0 fully saturated rings. The van der Waals surface area contributed by atoms with Gasteiger partial charge in [-0.15, -0.1) is 0 Å². The zero-order chi connectivity index (χ0) is 18.4. The van der Waals surface area contributed by atoms with E-state index in [-0.39, 0.29) is 5.75 Å². The maximum atomic E-state index is 12.3.